The lowest BCUT2D eigenvalue weighted by molar-refractivity contribution is -0.384. The van der Waals surface area contributed by atoms with Crippen molar-refractivity contribution in [1.29, 1.82) is 0 Å². The van der Waals surface area contributed by atoms with Crippen molar-refractivity contribution in [1.82, 2.24) is 0 Å². The van der Waals surface area contributed by atoms with Gasteiger partial charge in [0.1, 0.15) is 5.75 Å². The monoisotopic (exact) mass is 347 g/mol. The molecule has 0 amide bonds. The van der Waals surface area contributed by atoms with E-state index in [9.17, 15) is 10.1 Å². The summed E-state index contributed by atoms with van der Waals surface area (Å²) in [5.74, 6) is 0.843. The Kier molecular flexibility index (Phi) is 4.76. The van der Waals surface area contributed by atoms with Gasteiger partial charge in [0.2, 0.25) is 0 Å². The molecule has 1 aliphatic heterocycles. The van der Waals surface area contributed by atoms with Crippen LogP contribution in [-0.2, 0) is 0 Å². The summed E-state index contributed by atoms with van der Waals surface area (Å²) >= 11 is 6.22. The number of nitrogens with zero attached hydrogens (tertiary/aromatic N) is 3. The number of nitro benzene ring substituents is 1. The fourth-order valence-electron chi connectivity index (χ4n) is 2.86. The maximum Gasteiger partial charge on any atom is 0.271 e. The summed E-state index contributed by atoms with van der Waals surface area (Å²) < 4.78 is 5.18. The predicted molar refractivity (Wildman–Crippen MR) is 95.5 cm³/mol. The lowest BCUT2D eigenvalue weighted by Gasteiger charge is -2.37. The first-order valence-electron chi connectivity index (χ1n) is 7.66. The average Bonchev–Trinajstić information content (AvgIpc) is 2.62. The summed E-state index contributed by atoms with van der Waals surface area (Å²) in [4.78, 5) is 14.8. The second-order valence-electron chi connectivity index (χ2n) is 5.56. The van der Waals surface area contributed by atoms with Gasteiger partial charge in [0.15, 0.2) is 0 Å². The summed E-state index contributed by atoms with van der Waals surface area (Å²) in [6.45, 7) is 3.34. The van der Waals surface area contributed by atoms with E-state index in [1.54, 1.807) is 13.2 Å². The predicted octanol–water partition coefficient (Wildman–Crippen LogP) is 3.58. The number of non-ortho nitro benzene ring substituents is 1. The second kappa shape index (κ2) is 6.97. The molecule has 7 heteroatoms. The van der Waals surface area contributed by atoms with Gasteiger partial charge in [-0.2, -0.15) is 0 Å². The Morgan fingerprint density at radius 1 is 1.04 bits per heavy atom. The number of rotatable bonds is 4. The van der Waals surface area contributed by atoms with E-state index < -0.39 is 4.92 Å². The number of methoxy groups -OCH3 is 1. The van der Waals surface area contributed by atoms with Gasteiger partial charge in [0.05, 0.1) is 22.7 Å². The molecule has 0 saturated carbocycles. The topological polar surface area (TPSA) is 58.8 Å². The molecule has 1 aliphatic rings. The fraction of sp³-hybridized carbons (Fsp3) is 0.294. The number of hydrogen-bond acceptors (Lipinski definition) is 5. The van der Waals surface area contributed by atoms with E-state index in [0.29, 0.717) is 5.02 Å². The Hall–Kier alpha value is -2.47. The molecular formula is C17H18ClN3O3. The molecule has 0 N–H and O–H groups in total. The van der Waals surface area contributed by atoms with Crippen LogP contribution in [0.25, 0.3) is 0 Å². The van der Waals surface area contributed by atoms with Crippen LogP contribution in [0.1, 0.15) is 0 Å². The van der Waals surface area contributed by atoms with Gasteiger partial charge in [-0.3, -0.25) is 10.1 Å². The first kappa shape index (κ1) is 16.4. The molecule has 1 saturated heterocycles. The Labute approximate surface area is 145 Å². The Bertz CT molecular complexity index is 728. The standard InChI is InChI=1S/C17H18ClN3O3/c1-24-15-5-2-13(3-6-15)19-8-10-20(11-9-19)17-7-4-14(21(22)23)12-16(17)18/h2-7,12H,8-11H2,1H3. The summed E-state index contributed by atoms with van der Waals surface area (Å²) in [6, 6.07) is 12.6. The van der Waals surface area contributed by atoms with Gasteiger partial charge in [-0.05, 0) is 30.3 Å². The second-order valence-corrected chi connectivity index (χ2v) is 5.97. The lowest BCUT2D eigenvalue weighted by atomic mass is 10.2. The van der Waals surface area contributed by atoms with E-state index >= 15 is 0 Å². The fourth-order valence-corrected chi connectivity index (χ4v) is 3.16. The number of nitro groups is 1. The lowest BCUT2D eigenvalue weighted by Crippen LogP contribution is -2.46. The van der Waals surface area contributed by atoms with Gasteiger partial charge < -0.3 is 14.5 Å². The molecule has 3 rings (SSSR count). The smallest absolute Gasteiger partial charge is 0.271 e. The zero-order valence-electron chi connectivity index (χ0n) is 13.3. The minimum absolute atomic E-state index is 0.0145. The maximum absolute atomic E-state index is 10.8. The van der Waals surface area contributed by atoms with Crippen LogP contribution in [-0.4, -0.2) is 38.2 Å². The molecular weight excluding hydrogens is 330 g/mol. The van der Waals surface area contributed by atoms with E-state index in [2.05, 4.69) is 9.80 Å². The van der Waals surface area contributed by atoms with Crippen molar-refractivity contribution in [2.45, 2.75) is 0 Å². The van der Waals surface area contributed by atoms with Crippen LogP contribution < -0.4 is 14.5 Å². The Morgan fingerprint density at radius 3 is 2.21 bits per heavy atom. The normalized spacial score (nSPS) is 14.6. The van der Waals surface area contributed by atoms with E-state index in [-0.39, 0.29) is 5.69 Å². The molecule has 126 valence electrons. The van der Waals surface area contributed by atoms with Crippen LogP contribution >= 0.6 is 11.6 Å². The van der Waals surface area contributed by atoms with Crippen LogP contribution in [0.2, 0.25) is 5.02 Å². The van der Waals surface area contributed by atoms with Crippen molar-refractivity contribution in [2.75, 3.05) is 43.1 Å². The molecule has 24 heavy (non-hydrogen) atoms. The van der Waals surface area contributed by atoms with E-state index in [4.69, 9.17) is 16.3 Å². The maximum atomic E-state index is 10.8. The first-order valence-corrected chi connectivity index (χ1v) is 8.04. The van der Waals surface area contributed by atoms with Crippen LogP contribution in [0.5, 0.6) is 5.75 Å². The van der Waals surface area contributed by atoms with Crippen molar-refractivity contribution in [3.63, 3.8) is 0 Å². The molecule has 0 unspecified atom stereocenters. The van der Waals surface area contributed by atoms with Gasteiger partial charge in [-0.1, -0.05) is 11.6 Å². The van der Waals surface area contributed by atoms with Crippen molar-refractivity contribution >= 4 is 28.7 Å². The largest absolute Gasteiger partial charge is 0.497 e. The van der Waals surface area contributed by atoms with Crippen molar-refractivity contribution in [3.05, 3.63) is 57.6 Å². The number of hydrogen-bond donors (Lipinski definition) is 0. The van der Waals surface area contributed by atoms with E-state index in [1.807, 2.05) is 24.3 Å². The molecule has 2 aromatic carbocycles. The average molecular weight is 348 g/mol. The van der Waals surface area contributed by atoms with Crippen LogP contribution in [0.3, 0.4) is 0 Å². The highest BCUT2D eigenvalue weighted by Gasteiger charge is 2.20. The Balaban J connectivity index is 1.67. The van der Waals surface area contributed by atoms with Crippen LogP contribution in [0.4, 0.5) is 17.1 Å². The van der Waals surface area contributed by atoms with Gasteiger partial charge in [-0.25, -0.2) is 0 Å². The van der Waals surface area contributed by atoms with Crippen LogP contribution in [0.15, 0.2) is 42.5 Å². The van der Waals surface area contributed by atoms with Crippen molar-refractivity contribution < 1.29 is 9.66 Å². The van der Waals surface area contributed by atoms with Gasteiger partial charge in [0, 0.05) is 44.0 Å². The summed E-state index contributed by atoms with van der Waals surface area (Å²) in [5, 5.41) is 11.2. The van der Waals surface area contributed by atoms with E-state index in [0.717, 1.165) is 43.3 Å². The molecule has 0 spiro atoms. The third kappa shape index (κ3) is 3.38. The minimum atomic E-state index is -0.433. The highest BCUT2D eigenvalue weighted by atomic mass is 35.5. The third-order valence-corrected chi connectivity index (χ3v) is 4.50. The number of benzene rings is 2. The third-order valence-electron chi connectivity index (χ3n) is 4.20. The SMILES string of the molecule is COc1ccc(N2CCN(c3ccc([N+](=O)[O-])cc3Cl)CC2)cc1. The molecule has 0 aliphatic carbocycles. The molecule has 6 nitrogen and oxygen atoms in total. The van der Waals surface area contributed by atoms with Crippen LogP contribution in [0, 0.1) is 10.1 Å². The number of halogens is 1. The van der Waals surface area contributed by atoms with Crippen molar-refractivity contribution in [3.8, 4) is 5.75 Å². The molecule has 1 heterocycles. The molecule has 0 aromatic heterocycles. The number of ether oxygens (including phenoxy) is 1. The molecule has 1 fully saturated rings. The number of anilines is 2. The highest BCUT2D eigenvalue weighted by molar-refractivity contribution is 6.33. The molecule has 0 bridgehead atoms. The van der Waals surface area contributed by atoms with Gasteiger partial charge >= 0.3 is 0 Å². The summed E-state index contributed by atoms with van der Waals surface area (Å²) in [6.07, 6.45) is 0. The molecule has 0 radical (unpaired) electrons. The summed E-state index contributed by atoms with van der Waals surface area (Å²) in [5.41, 5.74) is 2.02. The first-order chi connectivity index (χ1) is 11.6. The highest BCUT2D eigenvalue weighted by Crippen LogP contribution is 2.31. The number of piperazine rings is 1. The molecule has 2 aromatic rings. The molecule has 0 atom stereocenters. The zero-order valence-corrected chi connectivity index (χ0v) is 14.1. The Morgan fingerprint density at radius 2 is 1.67 bits per heavy atom. The minimum Gasteiger partial charge on any atom is -0.497 e. The van der Waals surface area contributed by atoms with Gasteiger partial charge in [0.25, 0.3) is 5.69 Å². The van der Waals surface area contributed by atoms with Crippen molar-refractivity contribution in [2.24, 2.45) is 0 Å². The van der Waals surface area contributed by atoms with Gasteiger partial charge in [-0.15, -0.1) is 0 Å². The summed E-state index contributed by atoms with van der Waals surface area (Å²) in [7, 11) is 1.65. The zero-order chi connectivity index (χ0) is 17.1. The van der Waals surface area contributed by atoms with E-state index in [1.165, 1.54) is 12.1 Å². The quantitative estimate of drug-likeness (QED) is 0.625.